The molecule has 0 fully saturated rings. The minimum absolute atomic E-state index is 0.00436. The number of aliphatic hydroxyl groups excluding tert-OH is 1. The predicted molar refractivity (Wildman–Crippen MR) is 170 cm³/mol. The van der Waals surface area contributed by atoms with Crippen LogP contribution in [0.3, 0.4) is 0 Å². The molecule has 2 aromatic heterocycles. The Kier molecular flexibility index (Phi) is 6.74. The van der Waals surface area contributed by atoms with Gasteiger partial charge in [-0.25, -0.2) is 0 Å². The molecule has 1 aliphatic heterocycles. The van der Waals surface area contributed by atoms with Crippen LogP contribution >= 0.6 is 0 Å². The van der Waals surface area contributed by atoms with Crippen LogP contribution < -0.4 is 24.8 Å². The molecular formula is C34H30N2O7Te. The number of pyridine rings is 1. The van der Waals surface area contributed by atoms with Gasteiger partial charge in [0.25, 0.3) is 0 Å². The van der Waals surface area contributed by atoms with E-state index >= 15 is 0 Å². The first-order valence-electron chi connectivity index (χ1n) is 14.5. The molecule has 0 radical (unpaired) electrons. The molecule has 3 aromatic carbocycles. The summed E-state index contributed by atoms with van der Waals surface area (Å²) in [7, 11) is 1.57. The number of benzene rings is 3. The summed E-state index contributed by atoms with van der Waals surface area (Å²) in [6, 6.07) is 18.0. The number of nitrogens with one attached hydrogen (secondary N) is 1. The van der Waals surface area contributed by atoms with Crippen LogP contribution in [0.1, 0.15) is 53.6 Å². The second kappa shape index (κ2) is 10.7. The summed E-state index contributed by atoms with van der Waals surface area (Å²) in [5, 5.41) is 12.5. The Morgan fingerprint density at radius 3 is 2.75 bits per heavy atom. The first kappa shape index (κ1) is 27.7. The van der Waals surface area contributed by atoms with Crippen molar-refractivity contribution in [2.45, 2.75) is 37.6 Å². The van der Waals surface area contributed by atoms with Gasteiger partial charge >= 0.3 is 207 Å². The van der Waals surface area contributed by atoms with Crippen molar-refractivity contribution >= 4 is 49.0 Å². The Bertz CT molecular complexity index is 2120. The molecule has 5 aromatic rings. The number of aromatic nitrogens is 1. The summed E-state index contributed by atoms with van der Waals surface area (Å²) in [5.41, 5.74) is 6.90. The number of hydrogen-bond acceptors (Lipinski definition) is 8. The zero-order valence-electron chi connectivity index (χ0n) is 24.0. The van der Waals surface area contributed by atoms with Gasteiger partial charge in [-0.05, 0) is 12.8 Å². The first-order chi connectivity index (χ1) is 21.4. The maximum atomic E-state index is 13.9. The number of hydrogen-bond donors (Lipinski definition) is 2. The second-order valence-corrected chi connectivity index (χ2v) is 16.4. The van der Waals surface area contributed by atoms with Gasteiger partial charge in [-0.1, -0.05) is 0 Å². The van der Waals surface area contributed by atoms with Crippen molar-refractivity contribution in [3.05, 3.63) is 104 Å². The van der Waals surface area contributed by atoms with E-state index in [-0.39, 0.29) is 29.4 Å². The Morgan fingerprint density at radius 1 is 1.09 bits per heavy atom. The Balaban J connectivity index is 1.28. The van der Waals surface area contributed by atoms with Crippen LogP contribution in [0.25, 0.3) is 32.9 Å². The van der Waals surface area contributed by atoms with Crippen LogP contribution in [-0.4, -0.2) is 51.9 Å². The van der Waals surface area contributed by atoms with Gasteiger partial charge in [0.2, 0.25) is 0 Å². The van der Waals surface area contributed by atoms with E-state index in [0.29, 0.717) is 51.7 Å². The topological polar surface area (TPSA) is 112 Å². The first-order valence-corrected chi connectivity index (χ1v) is 19.0. The summed E-state index contributed by atoms with van der Waals surface area (Å²) >= 11 is -1.88. The molecule has 2 aliphatic carbocycles. The third-order valence-electron chi connectivity index (χ3n) is 8.96. The molecule has 0 saturated carbocycles. The van der Waals surface area contributed by atoms with Crippen LogP contribution in [0, 0.1) is 0 Å². The van der Waals surface area contributed by atoms with Crippen molar-refractivity contribution in [1.29, 1.82) is 0 Å². The monoisotopic (exact) mass is 708 g/mol. The summed E-state index contributed by atoms with van der Waals surface area (Å²) in [6.07, 6.45) is 1.61. The van der Waals surface area contributed by atoms with Crippen molar-refractivity contribution in [2.75, 3.05) is 23.9 Å². The van der Waals surface area contributed by atoms with Gasteiger partial charge in [-0.2, -0.15) is 0 Å². The van der Waals surface area contributed by atoms with Crippen molar-refractivity contribution in [3.8, 4) is 16.9 Å². The maximum absolute atomic E-state index is 13.9. The fraction of sp³-hybridized carbons (Fsp3) is 0.265. The average molecular weight is 706 g/mol. The molecule has 0 bridgehead atoms. The van der Waals surface area contributed by atoms with E-state index < -0.39 is 31.3 Å². The molecule has 2 N–H and O–H groups in total. The third-order valence-corrected chi connectivity index (χ3v) is 13.0. The fourth-order valence-electron chi connectivity index (χ4n) is 6.77. The SMILES string of the molecule is C=[Te](CNn1ccc2cc3c(cc2c1=O)-c1cc2oc4c(c(=O)c2c2c1C(C3)OCO2)C(O)CCC4OC)c1ccccc1. The average Bonchev–Trinajstić information content (AvgIpc) is 3.04. The van der Waals surface area contributed by atoms with Crippen molar-refractivity contribution < 1.29 is 23.7 Å². The number of aliphatic hydroxyl groups is 1. The standard InChI is InChI=1S/C34H30N2O7Te/c1-40-25-9-8-24(37)29-31(38)30-27(43-32(25)29)15-23-21-14-22-18(12-19(21)13-26-28(23)33(30)42-17-41-26)10-11-36(34(22)39)35-16-44(2)20-6-4-3-5-7-20/h3-7,10-12,14-15,24-26,35,37H,2,8-9,13,16-17H2,1H3. The van der Waals surface area contributed by atoms with Crippen molar-refractivity contribution in [1.82, 2.24) is 4.68 Å². The number of rotatable bonds is 5. The Morgan fingerprint density at radius 2 is 1.93 bits per heavy atom. The Hall–Kier alpha value is -3.78. The van der Waals surface area contributed by atoms with Gasteiger partial charge in [0, 0.05) is 7.11 Å². The van der Waals surface area contributed by atoms with Crippen molar-refractivity contribution in [3.63, 3.8) is 0 Å². The minimum atomic E-state index is -1.88. The van der Waals surface area contributed by atoms with Crippen LogP contribution in [0.2, 0.25) is 0 Å². The van der Waals surface area contributed by atoms with E-state index in [2.05, 4.69) is 22.1 Å². The van der Waals surface area contributed by atoms with E-state index in [9.17, 15) is 14.7 Å². The molecule has 8 rings (SSSR count). The fourth-order valence-corrected chi connectivity index (χ4v) is 9.63. The molecule has 3 atom stereocenters. The van der Waals surface area contributed by atoms with Crippen LogP contribution in [0.4, 0.5) is 0 Å². The quantitative estimate of drug-likeness (QED) is 0.266. The molecule has 3 heterocycles. The molecule has 0 spiro atoms. The number of fused-ring (bicyclic) bond motifs is 6. The summed E-state index contributed by atoms with van der Waals surface area (Å²) in [6.45, 7) is -0.00436. The van der Waals surface area contributed by atoms with Crippen LogP contribution in [0.5, 0.6) is 5.75 Å². The summed E-state index contributed by atoms with van der Waals surface area (Å²) in [5.74, 6) is 0.773. The predicted octanol–water partition coefficient (Wildman–Crippen LogP) is 3.75. The third kappa shape index (κ3) is 4.28. The van der Waals surface area contributed by atoms with Crippen LogP contribution in [-0.2, 0) is 15.9 Å². The van der Waals surface area contributed by atoms with Gasteiger partial charge in [0.1, 0.15) is 6.10 Å². The Labute approximate surface area is 258 Å². The van der Waals surface area contributed by atoms with E-state index in [4.69, 9.17) is 18.6 Å². The molecule has 9 nitrogen and oxygen atoms in total. The second-order valence-electron chi connectivity index (χ2n) is 11.4. The summed E-state index contributed by atoms with van der Waals surface area (Å²) in [4.78, 5) is 27.6. The zero-order valence-corrected chi connectivity index (χ0v) is 26.3. The zero-order chi connectivity index (χ0) is 30.1. The van der Waals surface area contributed by atoms with Gasteiger partial charge in [-0.3, -0.25) is 4.79 Å². The molecule has 3 aliphatic rings. The molecule has 0 amide bonds. The van der Waals surface area contributed by atoms with Gasteiger partial charge in [0.15, 0.2) is 0 Å². The number of methoxy groups -OCH3 is 1. The molecule has 44 heavy (non-hydrogen) atoms. The number of ether oxygens (including phenoxy) is 3. The number of nitrogens with zero attached hydrogens (tertiary/aromatic N) is 1. The van der Waals surface area contributed by atoms with E-state index in [1.165, 1.54) is 3.61 Å². The van der Waals surface area contributed by atoms with E-state index in [1.807, 2.05) is 42.5 Å². The normalized spacial score (nSPS) is 20.2. The van der Waals surface area contributed by atoms with Gasteiger partial charge < -0.3 is 9.84 Å². The van der Waals surface area contributed by atoms with E-state index in [0.717, 1.165) is 27.6 Å². The van der Waals surface area contributed by atoms with Gasteiger partial charge in [-0.15, -0.1) is 0 Å². The van der Waals surface area contributed by atoms with Crippen LogP contribution in [0.15, 0.2) is 74.8 Å². The van der Waals surface area contributed by atoms with Gasteiger partial charge in [0.05, 0.1) is 11.7 Å². The molecule has 10 heteroatoms. The molecule has 224 valence electrons. The van der Waals surface area contributed by atoms with E-state index in [1.54, 1.807) is 18.0 Å². The molecular weight excluding hydrogens is 676 g/mol. The molecule has 3 unspecified atom stereocenters. The molecule has 0 saturated heterocycles. The van der Waals surface area contributed by atoms with Crippen molar-refractivity contribution in [2.24, 2.45) is 0 Å². The summed E-state index contributed by atoms with van der Waals surface area (Å²) < 4.78 is 31.9.